The first-order valence-corrected chi connectivity index (χ1v) is 4.29. The maximum absolute atomic E-state index is 11.8. The molecule has 13 heavy (non-hydrogen) atoms. The lowest BCUT2D eigenvalue weighted by Gasteiger charge is -2.27. The van der Waals surface area contributed by atoms with Crippen molar-refractivity contribution in [2.24, 2.45) is 5.73 Å². The molecule has 0 fully saturated rings. The van der Waals surface area contributed by atoms with E-state index in [1.165, 1.54) is 0 Å². The summed E-state index contributed by atoms with van der Waals surface area (Å²) in [6, 6.07) is 0. The van der Waals surface area contributed by atoms with E-state index in [9.17, 15) is 13.2 Å². The molecule has 0 aliphatic rings. The first-order valence-electron chi connectivity index (χ1n) is 4.29. The summed E-state index contributed by atoms with van der Waals surface area (Å²) >= 11 is 0. The van der Waals surface area contributed by atoms with Crippen LogP contribution in [0.25, 0.3) is 0 Å². The Bertz CT molecular complexity index is 141. The first-order chi connectivity index (χ1) is 5.83. The number of nitrogens with one attached hydrogen (secondary N) is 1. The fourth-order valence-corrected chi connectivity index (χ4v) is 1.01. The second-order valence-electron chi connectivity index (χ2n) is 3.48. The van der Waals surface area contributed by atoms with E-state index in [1.54, 1.807) is 7.05 Å². The highest BCUT2D eigenvalue weighted by Gasteiger charge is 2.28. The minimum absolute atomic E-state index is 0.123. The van der Waals surface area contributed by atoms with Crippen LogP contribution in [0.15, 0.2) is 0 Å². The van der Waals surface area contributed by atoms with Gasteiger partial charge < -0.3 is 11.1 Å². The Balaban J connectivity index is 3.74. The SMILES string of the molecule is CNC(C)(CN)CCCC(F)(F)F. The van der Waals surface area contributed by atoms with Crippen LogP contribution in [-0.2, 0) is 0 Å². The summed E-state index contributed by atoms with van der Waals surface area (Å²) in [5.74, 6) is 0. The fraction of sp³-hybridized carbons (Fsp3) is 1.00. The molecule has 0 bridgehead atoms. The summed E-state index contributed by atoms with van der Waals surface area (Å²) in [6.07, 6.45) is -4.22. The van der Waals surface area contributed by atoms with Gasteiger partial charge in [-0.15, -0.1) is 0 Å². The molecule has 0 radical (unpaired) electrons. The molecule has 0 saturated heterocycles. The molecule has 0 aliphatic carbocycles. The van der Waals surface area contributed by atoms with E-state index in [2.05, 4.69) is 5.32 Å². The second-order valence-corrected chi connectivity index (χ2v) is 3.48. The van der Waals surface area contributed by atoms with Gasteiger partial charge in [0, 0.05) is 18.5 Å². The third-order valence-corrected chi connectivity index (χ3v) is 2.24. The molecule has 0 amide bonds. The van der Waals surface area contributed by atoms with E-state index >= 15 is 0 Å². The van der Waals surface area contributed by atoms with Gasteiger partial charge >= 0.3 is 6.18 Å². The number of rotatable bonds is 5. The molecular weight excluding hydrogens is 181 g/mol. The second kappa shape index (κ2) is 4.81. The Hall–Kier alpha value is -0.290. The van der Waals surface area contributed by atoms with Crippen molar-refractivity contribution in [3.05, 3.63) is 0 Å². The number of likely N-dealkylation sites (N-methyl/N-ethyl adjacent to an activating group) is 1. The fourth-order valence-electron chi connectivity index (χ4n) is 1.01. The molecule has 80 valence electrons. The summed E-state index contributed by atoms with van der Waals surface area (Å²) in [6.45, 7) is 2.17. The Morgan fingerprint density at radius 2 is 1.77 bits per heavy atom. The molecule has 0 aromatic heterocycles. The third kappa shape index (κ3) is 5.87. The van der Waals surface area contributed by atoms with Gasteiger partial charge in [0.25, 0.3) is 0 Å². The molecular formula is C8H17F3N2. The van der Waals surface area contributed by atoms with Crippen molar-refractivity contribution < 1.29 is 13.2 Å². The van der Waals surface area contributed by atoms with Gasteiger partial charge in [-0.25, -0.2) is 0 Å². The van der Waals surface area contributed by atoms with Crippen molar-refractivity contribution in [3.8, 4) is 0 Å². The quantitative estimate of drug-likeness (QED) is 0.705. The van der Waals surface area contributed by atoms with Crippen LogP contribution in [-0.4, -0.2) is 25.3 Å². The largest absolute Gasteiger partial charge is 0.389 e. The number of hydrogen-bond acceptors (Lipinski definition) is 2. The van der Waals surface area contributed by atoms with Crippen LogP contribution >= 0.6 is 0 Å². The molecule has 2 nitrogen and oxygen atoms in total. The van der Waals surface area contributed by atoms with Crippen molar-refractivity contribution in [3.63, 3.8) is 0 Å². The van der Waals surface area contributed by atoms with Crippen LogP contribution in [0.4, 0.5) is 13.2 Å². The topological polar surface area (TPSA) is 38.0 Å². The standard InChI is InChI=1S/C8H17F3N2/c1-7(6-12,13-2)4-3-5-8(9,10)11/h13H,3-6,12H2,1-2H3. The van der Waals surface area contributed by atoms with Gasteiger partial charge in [0.05, 0.1) is 0 Å². The lowest BCUT2D eigenvalue weighted by atomic mass is 9.95. The summed E-state index contributed by atoms with van der Waals surface area (Å²) in [4.78, 5) is 0. The van der Waals surface area contributed by atoms with Gasteiger partial charge in [-0.05, 0) is 26.8 Å². The smallest absolute Gasteiger partial charge is 0.329 e. The van der Waals surface area contributed by atoms with E-state index in [0.717, 1.165) is 0 Å². The summed E-state index contributed by atoms with van der Waals surface area (Å²) in [5, 5.41) is 2.92. The normalized spacial score (nSPS) is 17.1. The van der Waals surface area contributed by atoms with Crippen molar-refractivity contribution in [1.82, 2.24) is 5.32 Å². The van der Waals surface area contributed by atoms with Crippen molar-refractivity contribution in [1.29, 1.82) is 0 Å². The van der Waals surface area contributed by atoms with Crippen LogP contribution < -0.4 is 11.1 Å². The van der Waals surface area contributed by atoms with E-state index < -0.39 is 12.6 Å². The zero-order valence-electron chi connectivity index (χ0n) is 8.04. The molecule has 0 aliphatic heterocycles. The van der Waals surface area contributed by atoms with Crippen molar-refractivity contribution >= 4 is 0 Å². The highest BCUT2D eigenvalue weighted by Crippen LogP contribution is 2.24. The summed E-state index contributed by atoms with van der Waals surface area (Å²) in [7, 11) is 1.71. The maximum atomic E-state index is 11.8. The minimum Gasteiger partial charge on any atom is -0.329 e. The molecule has 1 atom stereocenters. The average molecular weight is 198 g/mol. The van der Waals surface area contributed by atoms with Crippen molar-refractivity contribution in [2.75, 3.05) is 13.6 Å². The predicted octanol–water partition coefficient (Wildman–Crippen LogP) is 1.66. The molecule has 0 rings (SSSR count). The third-order valence-electron chi connectivity index (χ3n) is 2.24. The van der Waals surface area contributed by atoms with E-state index in [0.29, 0.717) is 13.0 Å². The van der Waals surface area contributed by atoms with Gasteiger partial charge in [0.15, 0.2) is 0 Å². The van der Waals surface area contributed by atoms with Crippen LogP contribution in [0.1, 0.15) is 26.2 Å². The predicted molar refractivity (Wildman–Crippen MR) is 46.4 cm³/mol. The minimum atomic E-state index is -4.05. The molecule has 0 heterocycles. The molecule has 3 N–H and O–H groups in total. The van der Waals surface area contributed by atoms with Crippen molar-refractivity contribution in [2.45, 2.75) is 37.9 Å². The van der Waals surface area contributed by atoms with Crippen LogP contribution in [0.3, 0.4) is 0 Å². The van der Waals surface area contributed by atoms with E-state index in [-0.39, 0.29) is 12.0 Å². The van der Waals surface area contributed by atoms with Crippen LogP contribution in [0.5, 0.6) is 0 Å². The number of alkyl halides is 3. The molecule has 5 heteroatoms. The lowest BCUT2D eigenvalue weighted by molar-refractivity contribution is -0.136. The Labute approximate surface area is 76.7 Å². The number of nitrogens with two attached hydrogens (primary N) is 1. The van der Waals surface area contributed by atoms with Crippen LogP contribution in [0.2, 0.25) is 0 Å². The summed E-state index contributed by atoms with van der Waals surface area (Å²) in [5.41, 5.74) is 5.05. The zero-order chi connectivity index (χ0) is 10.5. The van der Waals surface area contributed by atoms with Gasteiger partial charge in [0.2, 0.25) is 0 Å². The van der Waals surface area contributed by atoms with Gasteiger partial charge in [0.1, 0.15) is 0 Å². The van der Waals surface area contributed by atoms with Gasteiger partial charge in [-0.2, -0.15) is 13.2 Å². The Kier molecular flexibility index (Phi) is 4.70. The average Bonchev–Trinajstić information content (AvgIpc) is 2.02. The van der Waals surface area contributed by atoms with E-state index in [4.69, 9.17) is 5.73 Å². The van der Waals surface area contributed by atoms with Gasteiger partial charge in [-0.1, -0.05) is 0 Å². The first kappa shape index (κ1) is 12.7. The molecule has 0 saturated carbocycles. The molecule has 0 spiro atoms. The maximum Gasteiger partial charge on any atom is 0.389 e. The number of hydrogen-bond donors (Lipinski definition) is 2. The highest BCUT2D eigenvalue weighted by molar-refractivity contribution is 4.82. The lowest BCUT2D eigenvalue weighted by Crippen LogP contribution is -2.46. The molecule has 0 aromatic rings. The Morgan fingerprint density at radius 1 is 1.23 bits per heavy atom. The van der Waals surface area contributed by atoms with Gasteiger partial charge in [-0.3, -0.25) is 0 Å². The summed E-state index contributed by atoms with van der Waals surface area (Å²) < 4.78 is 35.4. The monoisotopic (exact) mass is 198 g/mol. The highest BCUT2D eigenvalue weighted by atomic mass is 19.4. The van der Waals surface area contributed by atoms with Crippen LogP contribution in [0, 0.1) is 0 Å². The zero-order valence-corrected chi connectivity index (χ0v) is 8.04. The van der Waals surface area contributed by atoms with E-state index in [1.807, 2.05) is 6.92 Å². The Morgan fingerprint density at radius 3 is 2.08 bits per heavy atom. The number of halogens is 3. The molecule has 0 aromatic carbocycles. The molecule has 1 unspecified atom stereocenters.